The van der Waals surface area contributed by atoms with Crippen LogP contribution in [0, 0.1) is 5.92 Å². The molecule has 1 aromatic heterocycles. The normalized spacial score (nSPS) is 20.7. The van der Waals surface area contributed by atoms with Crippen LogP contribution < -0.4 is 11.1 Å². The Bertz CT molecular complexity index is 423. The summed E-state index contributed by atoms with van der Waals surface area (Å²) in [6, 6.07) is 0. The lowest BCUT2D eigenvalue weighted by Gasteiger charge is -2.18. The summed E-state index contributed by atoms with van der Waals surface area (Å²) < 4.78 is 36.7. The number of likely N-dealkylation sites (tertiary alicyclic amines) is 1. The molecule has 0 spiro atoms. The van der Waals surface area contributed by atoms with Crippen LogP contribution in [0.25, 0.3) is 0 Å². The number of nitrogens with zero attached hydrogens (tertiary/aromatic N) is 3. The Hall–Kier alpha value is -1.57. The molecule has 1 fully saturated rings. The van der Waals surface area contributed by atoms with Crippen LogP contribution in [0.2, 0.25) is 0 Å². The molecule has 1 aromatic rings. The summed E-state index contributed by atoms with van der Waals surface area (Å²) in [4.78, 5) is 9.33. The third kappa shape index (κ3) is 4.55. The fraction of sp³-hybridized carbons (Fsp3) is 0.636. The summed E-state index contributed by atoms with van der Waals surface area (Å²) in [6.07, 6.45) is -0.398. The summed E-state index contributed by atoms with van der Waals surface area (Å²) in [6.45, 7) is 0.671. The van der Waals surface area contributed by atoms with Crippen LogP contribution in [0.4, 0.5) is 24.8 Å². The largest absolute Gasteiger partial charge is 0.401 e. The first kappa shape index (κ1) is 13.9. The van der Waals surface area contributed by atoms with Crippen LogP contribution in [0.1, 0.15) is 6.42 Å². The Kier molecular flexibility index (Phi) is 4.08. The molecule has 0 bridgehead atoms. The van der Waals surface area contributed by atoms with E-state index in [-0.39, 0.29) is 5.92 Å². The second-order valence-corrected chi connectivity index (χ2v) is 4.72. The van der Waals surface area contributed by atoms with E-state index in [1.54, 1.807) is 6.20 Å². The van der Waals surface area contributed by atoms with Crippen molar-refractivity contribution in [3.8, 4) is 0 Å². The van der Waals surface area contributed by atoms with Gasteiger partial charge in [0.2, 0.25) is 0 Å². The lowest BCUT2D eigenvalue weighted by Crippen LogP contribution is -2.33. The highest BCUT2D eigenvalue weighted by molar-refractivity contribution is 5.38. The number of halogens is 3. The predicted octanol–water partition coefficient (Wildman–Crippen LogP) is 1.35. The molecule has 0 radical (unpaired) electrons. The van der Waals surface area contributed by atoms with Gasteiger partial charge in [-0.1, -0.05) is 0 Å². The van der Waals surface area contributed by atoms with Crippen molar-refractivity contribution in [2.24, 2.45) is 5.92 Å². The number of nitrogens with one attached hydrogen (secondary N) is 1. The van der Waals surface area contributed by atoms with Crippen LogP contribution in [-0.4, -0.2) is 47.2 Å². The molecule has 1 atom stereocenters. The number of nitrogens with two attached hydrogens (primary N) is 1. The van der Waals surface area contributed by atoms with Crippen LogP contribution in [0.5, 0.6) is 0 Å². The fourth-order valence-corrected chi connectivity index (χ4v) is 2.19. The summed E-state index contributed by atoms with van der Waals surface area (Å²) in [5.74, 6) is 1.05. The van der Waals surface area contributed by atoms with Gasteiger partial charge in [-0.2, -0.15) is 13.2 Å². The maximum atomic E-state index is 12.2. The molecule has 8 heteroatoms. The maximum absolute atomic E-state index is 12.2. The summed E-state index contributed by atoms with van der Waals surface area (Å²) in [7, 11) is 0. The fourth-order valence-electron chi connectivity index (χ4n) is 2.19. The molecule has 0 aliphatic carbocycles. The Morgan fingerprint density at radius 2 is 2.21 bits per heavy atom. The molecule has 1 saturated heterocycles. The first-order valence-corrected chi connectivity index (χ1v) is 6.03. The number of aromatic nitrogens is 2. The van der Waals surface area contributed by atoms with Gasteiger partial charge in [0.25, 0.3) is 0 Å². The second kappa shape index (κ2) is 5.60. The van der Waals surface area contributed by atoms with Gasteiger partial charge in [0.05, 0.1) is 18.9 Å². The van der Waals surface area contributed by atoms with E-state index in [9.17, 15) is 13.2 Å². The van der Waals surface area contributed by atoms with Crippen LogP contribution in [0.3, 0.4) is 0 Å². The van der Waals surface area contributed by atoms with E-state index in [0.29, 0.717) is 31.3 Å². The maximum Gasteiger partial charge on any atom is 0.401 e. The molecule has 3 N–H and O–H groups in total. The van der Waals surface area contributed by atoms with Crippen molar-refractivity contribution in [3.05, 3.63) is 12.4 Å². The minimum absolute atomic E-state index is 0.186. The summed E-state index contributed by atoms with van der Waals surface area (Å²) in [5.41, 5.74) is 5.49. The van der Waals surface area contributed by atoms with Gasteiger partial charge in [-0.05, 0) is 18.9 Å². The van der Waals surface area contributed by atoms with E-state index in [1.165, 1.54) is 11.1 Å². The zero-order valence-corrected chi connectivity index (χ0v) is 10.3. The van der Waals surface area contributed by atoms with Crippen molar-refractivity contribution in [2.45, 2.75) is 12.6 Å². The molecule has 1 aliphatic rings. The summed E-state index contributed by atoms with van der Waals surface area (Å²) >= 11 is 0. The average Bonchev–Trinajstić information content (AvgIpc) is 2.72. The minimum atomic E-state index is -4.12. The van der Waals surface area contributed by atoms with Gasteiger partial charge >= 0.3 is 6.18 Å². The molecule has 19 heavy (non-hydrogen) atoms. The van der Waals surface area contributed by atoms with Crippen molar-refractivity contribution < 1.29 is 13.2 Å². The van der Waals surface area contributed by atoms with Gasteiger partial charge in [-0.25, -0.2) is 4.98 Å². The molecular weight excluding hydrogens is 259 g/mol. The van der Waals surface area contributed by atoms with Gasteiger partial charge in [-0.15, -0.1) is 0 Å². The zero-order chi connectivity index (χ0) is 13.9. The number of rotatable bonds is 4. The molecular formula is C11H16F3N5. The van der Waals surface area contributed by atoms with Crippen molar-refractivity contribution in [1.29, 1.82) is 0 Å². The first-order chi connectivity index (χ1) is 8.92. The lowest BCUT2D eigenvalue weighted by molar-refractivity contribution is -0.143. The molecule has 0 saturated carbocycles. The minimum Gasteiger partial charge on any atom is -0.382 e. The van der Waals surface area contributed by atoms with Gasteiger partial charge in [-0.3, -0.25) is 9.88 Å². The number of alkyl halides is 3. The Balaban J connectivity index is 1.76. The van der Waals surface area contributed by atoms with Gasteiger partial charge in [0.15, 0.2) is 0 Å². The smallest absolute Gasteiger partial charge is 0.382 e. The Morgan fingerprint density at radius 3 is 2.89 bits per heavy atom. The molecule has 1 unspecified atom stereocenters. The van der Waals surface area contributed by atoms with Crippen molar-refractivity contribution >= 4 is 11.6 Å². The number of anilines is 2. The highest BCUT2D eigenvalue weighted by Crippen LogP contribution is 2.22. The molecule has 5 nitrogen and oxygen atoms in total. The quantitative estimate of drug-likeness (QED) is 0.868. The van der Waals surface area contributed by atoms with E-state index in [0.717, 1.165) is 6.42 Å². The van der Waals surface area contributed by atoms with E-state index < -0.39 is 12.7 Å². The molecule has 106 valence electrons. The van der Waals surface area contributed by atoms with E-state index in [1.807, 2.05) is 0 Å². The van der Waals surface area contributed by atoms with Crippen LogP contribution in [-0.2, 0) is 0 Å². The SMILES string of the molecule is Nc1cncc(NCC2CCN(CC(F)(F)F)C2)n1. The monoisotopic (exact) mass is 275 g/mol. The molecule has 1 aliphatic heterocycles. The third-order valence-corrected chi connectivity index (χ3v) is 3.00. The standard InChI is InChI=1S/C11H16F3N5/c12-11(13,14)7-19-2-1-8(6-19)3-17-10-5-16-4-9(15)18-10/h4-5,8H,1-3,6-7H2,(H3,15,17,18). The van der Waals surface area contributed by atoms with Crippen molar-refractivity contribution in [1.82, 2.24) is 14.9 Å². The zero-order valence-electron chi connectivity index (χ0n) is 10.3. The molecule has 2 heterocycles. The lowest BCUT2D eigenvalue weighted by atomic mass is 10.1. The van der Waals surface area contributed by atoms with Crippen LogP contribution in [0.15, 0.2) is 12.4 Å². The average molecular weight is 275 g/mol. The highest BCUT2D eigenvalue weighted by atomic mass is 19.4. The summed E-state index contributed by atoms with van der Waals surface area (Å²) in [5, 5.41) is 3.05. The molecule has 0 amide bonds. The number of nitrogen functional groups attached to an aromatic ring is 1. The number of hydrogen-bond donors (Lipinski definition) is 2. The van der Waals surface area contributed by atoms with Crippen LogP contribution >= 0.6 is 0 Å². The van der Waals surface area contributed by atoms with E-state index in [2.05, 4.69) is 15.3 Å². The van der Waals surface area contributed by atoms with Gasteiger partial charge in [0, 0.05) is 13.1 Å². The first-order valence-electron chi connectivity index (χ1n) is 6.03. The number of hydrogen-bond acceptors (Lipinski definition) is 5. The van der Waals surface area contributed by atoms with E-state index >= 15 is 0 Å². The van der Waals surface area contributed by atoms with Crippen molar-refractivity contribution in [3.63, 3.8) is 0 Å². The van der Waals surface area contributed by atoms with E-state index in [4.69, 9.17) is 5.73 Å². The predicted molar refractivity (Wildman–Crippen MR) is 65.5 cm³/mol. The second-order valence-electron chi connectivity index (χ2n) is 4.72. The Morgan fingerprint density at radius 1 is 1.42 bits per heavy atom. The van der Waals surface area contributed by atoms with Gasteiger partial charge in [0.1, 0.15) is 11.6 Å². The third-order valence-electron chi connectivity index (χ3n) is 3.00. The molecule has 0 aromatic carbocycles. The Labute approximate surface area is 109 Å². The topological polar surface area (TPSA) is 67.1 Å². The van der Waals surface area contributed by atoms with Crippen molar-refractivity contribution in [2.75, 3.05) is 37.2 Å². The van der Waals surface area contributed by atoms with Gasteiger partial charge < -0.3 is 11.1 Å². The molecule has 2 rings (SSSR count). The highest BCUT2D eigenvalue weighted by Gasteiger charge is 2.34.